The van der Waals surface area contributed by atoms with Gasteiger partial charge in [0, 0.05) is 33.5 Å². The van der Waals surface area contributed by atoms with Gasteiger partial charge < -0.3 is 9.73 Å². The fourth-order valence-electron chi connectivity index (χ4n) is 3.17. The van der Waals surface area contributed by atoms with E-state index in [1.165, 1.54) is 11.1 Å². The van der Waals surface area contributed by atoms with Crippen LogP contribution < -0.4 is 10.9 Å². The molecule has 0 aliphatic rings. The number of fused-ring (bicyclic) bond motifs is 1. The van der Waals surface area contributed by atoms with Gasteiger partial charge >= 0.3 is 5.63 Å². The molecule has 3 rings (SSSR count). The minimum Gasteiger partial charge on any atom is -0.423 e. The molecule has 1 heterocycles. The van der Waals surface area contributed by atoms with Gasteiger partial charge in [-0.05, 0) is 49.2 Å². The number of aryl methyl sites for hydroxylation is 2. The molecule has 1 aromatic heterocycles. The number of quaternary nitrogens is 1. The average Bonchev–Trinajstić information content (AvgIpc) is 2.58. The molecule has 130 valence electrons. The first kappa shape index (κ1) is 17.9. The van der Waals surface area contributed by atoms with Crippen LogP contribution in [0, 0.1) is 13.8 Å². The zero-order chi connectivity index (χ0) is 18.0. The van der Waals surface area contributed by atoms with Gasteiger partial charge in [0.05, 0.1) is 0 Å². The van der Waals surface area contributed by atoms with E-state index >= 15 is 0 Å². The zero-order valence-electron chi connectivity index (χ0n) is 14.8. The minimum atomic E-state index is -0.282. The minimum absolute atomic E-state index is 0.282. The summed E-state index contributed by atoms with van der Waals surface area (Å²) >= 11 is 3.48. The molecule has 0 unspecified atom stereocenters. The molecule has 2 aromatic carbocycles. The average molecular weight is 401 g/mol. The maximum absolute atomic E-state index is 11.9. The molecule has 0 saturated carbocycles. The molecule has 0 radical (unpaired) electrons. The Hall–Kier alpha value is -1.91. The summed E-state index contributed by atoms with van der Waals surface area (Å²) in [4.78, 5) is 11.9. The number of rotatable bonds is 5. The highest BCUT2D eigenvalue weighted by molar-refractivity contribution is 9.10. The van der Waals surface area contributed by atoms with Crippen LogP contribution >= 0.6 is 15.9 Å². The van der Waals surface area contributed by atoms with Crippen LogP contribution in [0.25, 0.3) is 11.0 Å². The first-order chi connectivity index (χ1) is 12.0. The van der Waals surface area contributed by atoms with Crippen LogP contribution in [-0.4, -0.2) is 0 Å². The maximum atomic E-state index is 11.9. The van der Waals surface area contributed by atoms with Crippen LogP contribution in [0.1, 0.15) is 41.6 Å². The molecule has 0 aliphatic heterocycles. The molecule has 2 N–H and O–H groups in total. The highest BCUT2D eigenvalue weighted by atomic mass is 79.9. The molecule has 0 amide bonds. The largest absolute Gasteiger partial charge is 0.423 e. The molecule has 0 fully saturated rings. The Kier molecular flexibility index (Phi) is 5.40. The quantitative estimate of drug-likeness (QED) is 0.645. The number of hydrogen-bond donors (Lipinski definition) is 1. The number of benzene rings is 2. The van der Waals surface area contributed by atoms with E-state index in [0.29, 0.717) is 11.6 Å². The first-order valence-corrected chi connectivity index (χ1v) is 9.40. The zero-order valence-corrected chi connectivity index (χ0v) is 16.4. The van der Waals surface area contributed by atoms with E-state index < -0.39 is 0 Å². The van der Waals surface area contributed by atoms with E-state index in [1.54, 1.807) is 6.07 Å². The van der Waals surface area contributed by atoms with Crippen LogP contribution in [0.3, 0.4) is 0 Å². The van der Waals surface area contributed by atoms with Crippen LogP contribution in [0.15, 0.2) is 56.1 Å². The summed E-state index contributed by atoms with van der Waals surface area (Å²) in [6, 6.07) is 14.5. The van der Waals surface area contributed by atoms with Crippen LogP contribution in [0.5, 0.6) is 0 Å². The Labute approximate surface area is 156 Å². The summed E-state index contributed by atoms with van der Waals surface area (Å²) in [5.74, 6) is 0. The second kappa shape index (κ2) is 7.54. The van der Waals surface area contributed by atoms with Gasteiger partial charge in [-0.25, -0.2) is 4.79 Å². The third-order valence-corrected chi connectivity index (χ3v) is 5.33. The van der Waals surface area contributed by atoms with Crippen molar-refractivity contribution in [3.8, 4) is 0 Å². The highest BCUT2D eigenvalue weighted by Gasteiger charge is 2.15. The van der Waals surface area contributed by atoms with Gasteiger partial charge in [0.15, 0.2) is 0 Å². The van der Waals surface area contributed by atoms with E-state index in [1.807, 2.05) is 13.0 Å². The molecule has 25 heavy (non-hydrogen) atoms. The van der Waals surface area contributed by atoms with Crippen molar-refractivity contribution in [2.75, 3.05) is 0 Å². The predicted octanol–water partition coefficient (Wildman–Crippen LogP) is 4.39. The Morgan fingerprint density at radius 2 is 1.76 bits per heavy atom. The van der Waals surface area contributed by atoms with E-state index in [0.717, 1.165) is 34.0 Å². The van der Waals surface area contributed by atoms with Crippen LogP contribution in [-0.2, 0) is 6.54 Å². The van der Waals surface area contributed by atoms with Crippen molar-refractivity contribution in [1.82, 2.24) is 0 Å². The lowest BCUT2D eigenvalue weighted by Gasteiger charge is -2.15. The lowest BCUT2D eigenvalue weighted by Crippen LogP contribution is -2.83. The summed E-state index contributed by atoms with van der Waals surface area (Å²) < 4.78 is 6.48. The van der Waals surface area contributed by atoms with Gasteiger partial charge in [0.1, 0.15) is 18.2 Å². The number of halogens is 1. The van der Waals surface area contributed by atoms with Gasteiger partial charge in [0.2, 0.25) is 0 Å². The lowest BCUT2D eigenvalue weighted by molar-refractivity contribution is -0.711. The van der Waals surface area contributed by atoms with Crippen molar-refractivity contribution in [1.29, 1.82) is 0 Å². The van der Waals surface area contributed by atoms with Gasteiger partial charge in [0.25, 0.3) is 0 Å². The standard InChI is InChI=1S/C21H22BrNO2/c1-4-19(15-5-7-17(22)8-6-15)23-12-16-11-21(24)25-20-10-14(3)13(2)9-18(16)20/h5-11,19,23H,4,12H2,1-3H3/p+1/t19-/m1/s1. The second-order valence-corrected chi connectivity index (χ2v) is 7.45. The van der Waals surface area contributed by atoms with Crippen molar-refractivity contribution in [3.63, 3.8) is 0 Å². The number of hydrogen-bond acceptors (Lipinski definition) is 2. The van der Waals surface area contributed by atoms with E-state index in [9.17, 15) is 4.79 Å². The molecule has 3 aromatic rings. The molecule has 0 aliphatic carbocycles. The molecule has 0 saturated heterocycles. The summed E-state index contributed by atoms with van der Waals surface area (Å²) in [5.41, 5.74) is 5.07. The van der Waals surface area contributed by atoms with Crippen LogP contribution in [0.2, 0.25) is 0 Å². The normalized spacial score (nSPS) is 12.5. The van der Waals surface area contributed by atoms with E-state index in [4.69, 9.17) is 4.42 Å². The Balaban J connectivity index is 1.90. The molecular formula is C21H23BrNO2+. The lowest BCUT2D eigenvalue weighted by atomic mass is 10.0. The molecule has 3 nitrogen and oxygen atoms in total. The van der Waals surface area contributed by atoms with Crippen molar-refractivity contribution >= 4 is 26.9 Å². The third kappa shape index (κ3) is 4.02. The van der Waals surface area contributed by atoms with Crippen molar-refractivity contribution in [2.45, 2.75) is 39.8 Å². The summed E-state index contributed by atoms with van der Waals surface area (Å²) in [6.45, 7) is 7.06. The smallest absolute Gasteiger partial charge is 0.336 e. The molecule has 1 atom stereocenters. The van der Waals surface area contributed by atoms with Crippen molar-refractivity contribution in [3.05, 3.63) is 79.6 Å². The third-order valence-electron chi connectivity index (χ3n) is 4.80. The molecule has 0 spiro atoms. The first-order valence-electron chi connectivity index (χ1n) is 8.60. The van der Waals surface area contributed by atoms with Crippen LogP contribution in [0.4, 0.5) is 0 Å². The molecule has 4 heteroatoms. The van der Waals surface area contributed by atoms with E-state index in [2.05, 4.69) is 65.4 Å². The van der Waals surface area contributed by atoms with E-state index in [-0.39, 0.29) is 5.63 Å². The fraction of sp³-hybridized carbons (Fsp3) is 0.286. The van der Waals surface area contributed by atoms with Gasteiger partial charge in [-0.1, -0.05) is 35.0 Å². The fourth-order valence-corrected chi connectivity index (χ4v) is 3.43. The second-order valence-electron chi connectivity index (χ2n) is 6.53. The summed E-state index contributed by atoms with van der Waals surface area (Å²) in [6.07, 6.45) is 1.03. The SMILES string of the molecule is CC[C@@H]([NH2+]Cc1cc(=O)oc2cc(C)c(C)cc12)c1ccc(Br)cc1. The highest BCUT2D eigenvalue weighted by Crippen LogP contribution is 2.22. The van der Waals surface area contributed by atoms with Crippen molar-refractivity contribution < 1.29 is 9.73 Å². The predicted molar refractivity (Wildman–Crippen MR) is 105 cm³/mol. The summed E-state index contributed by atoms with van der Waals surface area (Å²) in [7, 11) is 0. The van der Waals surface area contributed by atoms with Crippen molar-refractivity contribution in [2.24, 2.45) is 0 Å². The summed E-state index contributed by atoms with van der Waals surface area (Å²) in [5, 5.41) is 3.33. The molecular weight excluding hydrogens is 378 g/mol. The Bertz CT molecular complexity index is 945. The van der Waals surface area contributed by atoms with Gasteiger partial charge in [-0.2, -0.15) is 0 Å². The Morgan fingerprint density at radius 3 is 2.44 bits per heavy atom. The Morgan fingerprint density at radius 1 is 1.08 bits per heavy atom. The molecule has 0 bridgehead atoms. The number of nitrogens with two attached hydrogens (primary N) is 1. The monoisotopic (exact) mass is 400 g/mol. The van der Waals surface area contributed by atoms with Gasteiger partial charge in [-0.15, -0.1) is 0 Å². The van der Waals surface area contributed by atoms with Gasteiger partial charge in [-0.3, -0.25) is 0 Å². The topological polar surface area (TPSA) is 46.8 Å². The maximum Gasteiger partial charge on any atom is 0.336 e.